The minimum atomic E-state index is -3.88. The van der Waals surface area contributed by atoms with Gasteiger partial charge in [0, 0.05) is 12.3 Å². The lowest BCUT2D eigenvalue weighted by Gasteiger charge is -2.30. The van der Waals surface area contributed by atoms with Crippen molar-refractivity contribution >= 4 is 16.0 Å². The fraction of sp³-hybridized carbons (Fsp3) is 0.933. The van der Waals surface area contributed by atoms with Crippen LogP contribution < -0.4 is 5.32 Å². The van der Waals surface area contributed by atoms with E-state index in [2.05, 4.69) is 12.2 Å². The van der Waals surface area contributed by atoms with Crippen LogP contribution in [0.15, 0.2) is 0 Å². The fourth-order valence-electron chi connectivity index (χ4n) is 2.27. The molecule has 0 aromatic rings. The first kappa shape index (κ1) is 21.3. The molecule has 0 aliphatic carbocycles. The average Bonchev–Trinajstić information content (AvgIpc) is 2.36. The molecule has 0 unspecified atom stereocenters. The van der Waals surface area contributed by atoms with E-state index in [1.165, 1.54) is 0 Å². The fourth-order valence-corrected chi connectivity index (χ4v) is 2.77. The van der Waals surface area contributed by atoms with E-state index in [1.807, 2.05) is 21.0 Å². The first-order chi connectivity index (χ1) is 10.1. The van der Waals surface area contributed by atoms with Crippen molar-refractivity contribution in [2.75, 3.05) is 39.5 Å². The smallest absolute Gasteiger partial charge is 0.265 e. The Morgan fingerprint density at radius 1 is 1.18 bits per heavy atom. The van der Waals surface area contributed by atoms with Gasteiger partial charge in [0.25, 0.3) is 10.1 Å². The van der Waals surface area contributed by atoms with Gasteiger partial charge >= 0.3 is 0 Å². The molecule has 22 heavy (non-hydrogen) atoms. The standard InChI is InChI=1S/C15H32N2O4S/c1-5-6-7-9-14(2)15(18)16-10-12-17(3,4)11-8-13-22(19,20)21/h14H,5-13H2,1-4H3,(H-,16,18,19,20,21)/p+1/t14-/m0/s1. The van der Waals surface area contributed by atoms with Crippen LogP contribution in [0.25, 0.3) is 0 Å². The molecule has 0 radical (unpaired) electrons. The second-order valence-corrected chi connectivity index (χ2v) is 8.28. The number of quaternary nitrogens is 1. The molecule has 1 atom stereocenters. The molecule has 1 amide bonds. The minimum Gasteiger partial charge on any atom is -0.350 e. The molecular formula is C15H33N2O4S+. The van der Waals surface area contributed by atoms with Gasteiger partial charge < -0.3 is 9.80 Å². The summed E-state index contributed by atoms with van der Waals surface area (Å²) < 4.78 is 30.7. The maximum absolute atomic E-state index is 11.9. The molecule has 0 heterocycles. The molecule has 0 fully saturated rings. The monoisotopic (exact) mass is 337 g/mol. The summed E-state index contributed by atoms with van der Waals surface area (Å²) in [7, 11) is 0.0912. The predicted octanol–water partition coefficient (Wildman–Crippen LogP) is 1.67. The lowest BCUT2D eigenvalue weighted by atomic mass is 10.0. The Balaban J connectivity index is 3.93. The predicted molar refractivity (Wildman–Crippen MR) is 89.2 cm³/mol. The Kier molecular flexibility index (Phi) is 9.87. The van der Waals surface area contributed by atoms with Gasteiger partial charge in [-0.2, -0.15) is 8.42 Å². The Morgan fingerprint density at radius 2 is 1.82 bits per heavy atom. The highest BCUT2D eigenvalue weighted by molar-refractivity contribution is 7.85. The normalized spacial score (nSPS) is 13.9. The second-order valence-electron chi connectivity index (χ2n) is 6.71. The molecule has 7 heteroatoms. The zero-order valence-electron chi connectivity index (χ0n) is 14.5. The van der Waals surface area contributed by atoms with Crippen molar-refractivity contribution in [3.05, 3.63) is 0 Å². The van der Waals surface area contributed by atoms with E-state index in [0.717, 1.165) is 32.2 Å². The number of hydrogen-bond donors (Lipinski definition) is 2. The zero-order chi connectivity index (χ0) is 17.2. The first-order valence-corrected chi connectivity index (χ1v) is 9.73. The minimum absolute atomic E-state index is 0.0432. The molecule has 0 saturated heterocycles. The van der Waals surface area contributed by atoms with Crippen LogP contribution in [0.4, 0.5) is 0 Å². The Labute approximate surface area is 135 Å². The Hall–Kier alpha value is -0.660. The van der Waals surface area contributed by atoms with E-state index in [4.69, 9.17) is 4.55 Å². The van der Waals surface area contributed by atoms with Crippen LogP contribution >= 0.6 is 0 Å². The number of carbonyl (C=O) groups excluding carboxylic acids is 1. The Bertz CT molecular complexity index is 421. The molecule has 6 nitrogen and oxygen atoms in total. The molecule has 0 aromatic heterocycles. The van der Waals surface area contributed by atoms with E-state index < -0.39 is 10.1 Å². The van der Waals surface area contributed by atoms with Gasteiger partial charge in [-0.1, -0.05) is 33.1 Å². The van der Waals surface area contributed by atoms with E-state index in [1.54, 1.807) is 0 Å². The van der Waals surface area contributed by atoms with Gasteiger partial charge in [0.1, 0.15) is 0 Å². The first-order valence-electron chi connectivity index (χ1n) is 8.12. The van der Waals surface area contributed by atoms with Crippen LogP contribution in [-0.2, 0) is 14.9 Å². The molecule has 0 saturated carbocycles. The zero-order valence-corrected chi connectivity index (χ0v) is 15.3. The summed E-state index contributed by atoms with van der Waals surface area (Å²) in [4.78, 5) is 11.9. The SMILES string of the molecule is CCCCC[C@H](C)C(=O)NCC[N+](C)(C)CCCS(=O)(=O)O. The maximum Gasteiger partial charge on any atom is 0.265 e. The number of nitrogens with zero attached hydrogens (tertiary/aromatic N) is 1. The number of nitrogens with one attached hydrogen (secondary N) is 1. The summed E-state index contributed by atoms with van der Waals surface area (Å²) >= 11 is 0. The van der Waals surface area contributed by atoms with Crippen molar-refractivity contribution in [3.63, 3.8) is 0 Å². The number of unbranched alkanes of at least 4 members (excludes halogenated alkanes) is 2. The number of amides is 1. The maximum atomic E-state index is 11.9. The molecule has 0 spiro atoms. The van der Waals surface area contributed by atoms with Crippen molar-refractivity contribution in [2.24, 2.45) is 5.92 Å². The van der Waals surface area contributed by atoms with E-state index in [-0.39, 0.29) is 17.6 Å². The highest BCUT2D eigenvalue weighted by Crippen LogP contribution is 2.09. The van der Waals surface area contributed by atoms with Crippen molar-refractivity contribution in [2.45, 2.75) is 46.0 Å². The van der Waals surface area contributed by atoms with Crippen LogP contribution in [0.2, 0.25) is 0 Å². The van der Waals surface area contributed by atoms with Gasteiger partial charge in [0.2, 0.25) is 5.91 Å². The van der Waals surface area contributed by atoms with Gasteiger partial charge in [-0.25, -0.2) is 0 Å². The summed E-state index contributed by atoms with van der Waals surface area (Å²) in [5.74, 6) is -0.0779. The molecule has 0 aliphatic rings. The van der Waals surface area contributed by atoms with Crippen molar-refractivity contribution in [3.8, 4) is 0 Å². The van der Waals surface area contributed by atoms with Gasteiger partial charge in [-0.3, -0.25) is 9.35 Å². The molecule has 0 aromatic carbocycles. The van der Waals surface area contributed by atoms with Gasteiger partial charge in [-0.05, 0) is 6.42 Å². The highest BCUT2D eigenvalue weighted by Gasteiger charge is 2.18. The van der Waals surface area contributed by atoms with Crippen molar-refractivity contribution in [1.29, 1.82) is 0 Å². The summed E-state index contributed by atoms with van der Waals surface area (Å²) in [5, 5.41) is 2.95. The average molecular weight is 338 g/mol. The van der Waals surface area contributed by atoms with Gasteiger partial charge in [0.05, 0.1) is 39.5 Å². The number of rotatable bonds is 12. The van der Waals surface area contributed by atoms with Crippen LogP contribution in [0.3, 0.4) is 0 Å². The lowest BCUT2D eigenvalue weighted by Crippen LogP contribution is -2.46. The molecule has 0 rings (SSSR count). The number of likely N-dealkylation sites (N-methyl/N-ethyl adjacent to an activating group) is 1. The lowest BCUT2D eigenvalue weighted by molar-refractivity contribution is -0.889. The topological polar surface area (TPSA) is 83.5 Å². The van der Waals surface area contributed by atoms with Crippen LogP contribution in [0.5, 0.6) is 0 Å². The number of carbonyl (C=O) groups is 1. The van der Waals surface area contributed by atoms with Crippen LogP contribution in [0.1, 0.15) is 46.0 Å². The van der Waals surface area contributed by atoms with Gasteiger partial charge in [0.15, 0.2) is 0 Å². The molecular weight excluding hydrogens is 304 g/mol. The third kappa shape index (κ3) is 11.9. The Morgan fingerprint density at radius 3 is 2.36 bits per heavy atom. The number of hydrogen-bond acceptors (Lipinski definition) is 3. The van der Waals surface area contributed by atoms with E-state index >= 15 is 0 Å². The largest absolute Gasteiger partial charge is 0.350 e. The van der Waals surface area contributed by atoms with Crippen molar-refractivity contribution < 1.29 is 22.2 Å². The van der Waals surface area contributed by atoms with Crippen LogP contribution in [0, 0.1) is 5.92 Å². The van der Waals surface area contributed by atoms with E-state index in [9.17, 15) is 13.2 Å². The molecule has 0 aliphatic heterocycles. The van der Waals surface area contributed by atoms with Crippen LogP contribution in [-0.4, -0.2) is 62.8 Å². The summed E-state index contributed by atoms with van der Waals surface area (Å²) in [5.41, 5.74) is 0. The van der Waals surface area contributed by atoms with Gasteiger partial charge in [-0.15, -0.1) is 0 Å². The van der Waals surface area contributed by atoms with Crippen molar-refractivity contribution in [1.82, 2.24) is 5.32 Å². The third-order valence-electron chi connectivity index (χ3n) is 3.87. The quantitative estimate of drug-likeness (QED) is 0.322. The summed E-state index contributed by atoms with van der Waals surface area (Å²) in [6.07, 6.45) is 4.74. The highest BCUT2D eigenvalue weighted by atomic mass is 32.2. The summed E-state index contributed by atoms with van der Waals surface area (Å²) in [6, 6.07) is 0. The third-order valence-corrected chi connectivity index (χ3v) is 4.67. The molecule has 2 N–H and O–H groups in total. The summed E-state index contributed by atoms with van der Waals surface area (Å²) in [6.45, 7) is 6.06. The second kappa shape index (κ2) is 10.2. The van der Waals surface area contributed by atoms with E-state index in [0.29, 0.717) is 24.0 Å². The molecule has 0 bridgehead atoms. The molecule has 132 valence electrons.